The number of rotatable bonds is 1. The van der Waals surface area contributed by atoms with Crippen molar-refractivity contribution in [1.82, 2.24) is 4.73 Å². The van der Waals surface area contributed by atoms with Crippen LogP contribution in [-0.2, 0) is 0 Å². The molecule has 98 valence electrons. The van der Waals surface area contributed by atoms with Crippen molar-refractivity contribution in [2.45, 2.75) is 13.8 Å². The molecule has 1 aromatic rings. The fourth-order valence-corrected chi connectivity index (χ4v) is 1.76. The molecule has 0 fully saturated rings. The molecule has 0 saturated carbocycles. The molecule has 0 amide bonds. The molecule has 1 N–H and O–H groups in total. The summed E-state index contributed by atoms with van der Waals surface area (Å²) in [4.78, 5) is 4.15. The molecule has 19 heavy (non-hydrogen) atoms. The quantitative estimate of drug-likeness (QED) is 0.465. The molecule has 5 heteroatoms. The number of hydrogen-bond acceptors (Lipinski definition) is 4. The predicted molar refractivity (Wildman–Crippen MR) is 75.6 cm³/mol. The van der Waals surface area contributed by atoms with Crippen LogP contribution in [0.1, 0.15) is 12.5 Å². The van der Waals surface area contributed by atoms with E-state index in [1.54, 1.807) is 19.3 Å². The number of aromatic nitrogens is 1. The minimum Gasteiger partial charge on any atom is -0.429 e. The molecule has 0 atom stereocenters. The van der Waals surface area contributed by atoms with Gasteiger partial charge in [-0.15, -0.1) is 0 Å². The Morgan fingerprint density at radius 1 is 1.16 bits per heavy atom. The van der Waals surface area contributed by atoms with Gasteiger partial charge in [0.2, 0.25) is 0 Å². The van der Waals surface area contributed by atoms with Gasteiger partial charge in [0.25, 0.3) is 0 Å². The lowest BCUT2D eigenvalue weighted by atomic mass is 10.0. The standard InChI is InChI=1S/C14H16N4O/c1-10-8-12(4-5-13(10)15-3)16-17-14-6-7-18(19)9-11(14)2/h4-9,19H,1-3H3. The Labute approximate surface area is 111 Å². The molecule has 1 aliphatic rings. The number of hydrogen-bond donors (Lipinski definition) is 1. The summed E-state index contributed by atoms with van der Waals surface area (Å²) in [6.07, 6.45) is 8.84. The summed E-state index contributed by atoms with van der Waals surface area (Å²) < 4.78 is 0.996. The number of aryl methyl sites for hydroxylation is 1. The first-order chi connectivity index (χ1) is 9.10. The summed E-state index contributed by atoms with van der Waals surface area (Å²) in [5.74, 6) is 0. The van der Waals surface area contributed by atoms with E-state index >= 15 is 0 Å². The van der Waals surface area contributed by atoms with E-state index in [4.69, 9.17) is 0 Å². The summed E-state index contributed by atoms with van der Waals surface area (Å²) in [5, 5.41) is 18.4. The van der Waals surface area contributed by atoms with Crippen LogP contribution >= 0.6 is 0 Å². The van der Waals surface area contributed by atoms with Crippen LogP contribution < -0.4 is 5.36 Å². The van der Waals surface area contributed by atoms with Gasteiger partial charge in [-0.25, -0.2) is 4.73 Å². The number of pyridine rings is 1. The molecule has 0 bridgehead atoms. The van der Waals surface area contributed by atoms with Gasteiger partial charge in [0.15, 0.2) is 0 Å². The summed E-state index contributed by atoms with van der Waals surface area (Å²) >= 11 is 0. The van der Waals surface area contributed by atoms with Gasteiger partial charge >= 0.3 is 0 Å². The maximum absolute atomic E-state index is 9.25. The van der Waals surface area contributed by atoms with E-state index in [1.165, 1.54) is 6.20 Å². The van der Waals surface area contributed by atoms with Crippen molar-refractivity contribution in [3.05, 3.63) is 53.2 Å². The molecule has 1 heterocycles. The molecule has 1 aromatic heterocycles. The van der Waals surface area contributed by atoms with Crippen molar-refractivity contribution in [3.63, 3.8) is 0 Å². The summed E-state index contributed by atoms with van der Waals surface area (Å²) in [6, 6.07) is 1.71. The minimum atomic E-state index is 0.729. The molecular weight excluding hydrogens is 240 g/mol. The van der Waals surface area contributed by atoms with Crippen LogP contribution in [0, 0.1) is 6.92 Å². The topological polar surface area (TPSA) is 62.2 Å². The van der Waals surface area contributed by atoms with Gasteiger partial charge in [0.1, 0.15) is 0 Å². The average molecular weight is 256 g/mol. The number of aliphatic imine (C=N–C) groups is 1. The third kappa shape index (κ3) is 3.07. The molecule has 0 spiro atoms. The molecule has 5 nitrogen and oxygen atoms in total. The van der Waals surface area contributed by atoms with Crippen LogP contribution in [0.15, 0.2) is 57.5 Å². The lowest BCUT2D eigenvalue weighted by Gasteiger charge is -2.05. The van der Waals surface area contributed by atoms with Crippen molar-refractivity contribution in [3.8, 4) is 0 Å². The Morgan fingerprint density at radius 2 is 1.95 bits per heavy atom. The average Bonchev–Trinajstić information content (AvgIpc) is 2.38. The zero-order valence-corrected chi connectivity index (χ0v) is 11.2. The van der Waals surface area contributed by atoms with Crippen molar-refractivity contribution in [2.24, 2.45) is 15.2 Å². The highest BCUT2D eigenvalue weighted by Gasteiger charge is 2.04. The zero-order chi connectivity index (χ0) is 13.8. The van der Waals surface area contributed by atoms with E-state index in [1.807, 2.05) is 32.1 Å². The molecule has 1 aliphatic carbocycles. The first-order valence-corrected chi connectivity index (χ1v) is 5.93. The van der Waals surface area contributed by atoms with Gasteiger partial charge in [-0.2, -0.15) is 10.2 Å². The maximum Gasteiger partial charge on any atom is 0.0917 e. The number of nitrogens with zero attached hydrogens (tertiary/aromatic N) is 4. The van der Waals surface area contributed by atoms with Crippen molar-refractivity contribution in [2.75, 3.05) is 7.05 Å². The zero-order valence-electron chi connectivity index (χ0n) is 11.2. The minimum absolute atomic E-state index is 0.729. The molecular formula is C14H16N4O. The third-order valence-electron chi connectivity index (χ3n) is 2.81. The Morgan fingerprint density at radius 3 is 2.58 bits per heavy atom. The monoisotopic (exact) mass is 256 g/mol. The second-order valence-corrected chi connectivity index (χ2v) is 4.29. The normalized spacial score (nSPS) is 20.2. The van der Waals surface area contributed by atoms with Gasteiger partial charge in [0, 0.05) is 19.4 Å². The molecule has 0 aromatic carbocycles. The first kappa shape index (κ1) is 13.0. The van der Waals surface area contributed by atoms with Gasteiger partial charge < -0.3 is 5.21 Å². The van der Waals surface area contributed by atoms with Crippen molar-refractivity contribution in [1.29, 1.82) is 0 Å². The van der Waals surface area contributed by atoms with Crippen LogP contribution in [0.3, 0.4) is 0 Å². The highest BCUT2D eigenvalue weighted by molar-refractivity contribution is 6.20. The van der Waals surface area contributed by atoms with Crippen LogP contribution in [0.4, 0.5) is 0 Å². The van der Waals surface area contributed by atoms with Crippen LogP contribution in [0.2, 0.25) is 0 Å². The third-order valence-corrected chi connectivity index (χ3v) is 2.81. The maximum atomic E-state index is 9.25. The van der Waals surface area contributed by atoms with Gasteiger partial charge in [-0.1, -0.05) is 0 Å². The van der Waals surface area contributed by atoms with E-state index in [-0.39, 0.29) is 0 Å². The van der Waals surface area contributed by atoms with E-state index in [9.17, 15) is 5.21 Å². The summed E-state index contributed by atoms with van der Waals surface area (Å²) in [6.45, 7) is 3.86. The van der Waals surface area contributed by atoms with Crippen LogP contribution in [0.5, 0.6) is 0 Å². The van der Waals surface area contributed by atoms with Crippen molar-refractivity contribution >= 4 is 11.4 Å². The highest BCUT2D eigenvalue weighted by Crippen LogP contribution is 2.06. The van der Waals surface area contributed by atoms with Gasteiger partial charge in [-0.3, -0.25) is 4.99 Å². The fourth-order valence-electron chi connectivity index (χ4n) is 1.76. The second-order valence-electron chi connectivity index (χ2n) is 4.29. The van der Waals surface area contributed by atoms with Gasteiger partial charge in [0.05, 0.1) is 16.8 Å². The van der Waals surface area contributed by atoms with E-state index in [0.29, 0.717) is 0 Å². The van der Waals surface area contributed by atoms with Crippen molar-refractivity contribution < 1.29 is 5.21 Å². The molecule has 2 rings (SSSR count). The predicted octanol–water partition coefficient (Wildman–Crippen LogP) is 1.88. The Hall–Kier alpha value is -2.43. The van der Waals surface area contributed by atoms with Crippen LogP contribution in [-0.4, -0.2) is 28.4 Å². The summed E-state index contributed by atoms with van der Waals surface area (Å²) in [5.41, 5.74) is 3.66. The van der Waals surface area contributed by atoms with E-state index < -0.39 is 0 Å². The Kier molecular flexibility index (Phi) is 3.75. The summed E-state index contributed by atoms with van der Waals surface area (Å²) in [7, 11) is 1.76. The first-order valence-electron chi connectivity index (χ1n) is 5.93. The smallest absolute Gasteiger partial charge is 0.0917 e. The largest absolute Gasteiger partial charge is 0.429 e. The lowest BCUT2D eigenvalue weighted by molar-refractivity contribution is 0.183. The van der Waals surface area contributed by atoms with Gasteiger partial charge in [-0.05, 0) is 49.3 Å². The second kappa shape index (κ2) is 5.48. The Balaban J connectivity index is 2.34. The SMILES string of the molecule is CN=C1C=CC(=NN=c2ccn(O)cc2C)C=C1C. The lowest BCUT2D eigenvalue weighted by Crippen LogP contribution is -2.10. The molecule has 0 unspecified atom stereocenters. The molecule has 0 saturated heterocycles. The van der Waals surface area contributed by atoms with E-state index in [2.05, 4.69) is 15.2 Å². The highest BCUT2D eigenvalue weighted by atomic mass is 16.5. The number of allylic oxidation sites excluding steroid dienone is 4. The fraction of sp³-hybridized carbons (Fsp3) is 0.214. The molecule has 0 aliphatic heterocycles. The molecule has 0 radical (unpaired) electrons. The van der Waals surface area contributed by atoms with Crippen LogP contribution in [0.25, 0.3) is 0 Å². The van der Waals surface area contributed by atoms with E-state index in [0.717, 1.165) is 32.6 Å². The Bertz CT molecular complexity index is 675.